The summed E-state index contributed by atoms with van der Waals surface area (Å²) in [5.74, 6) is 0. The number of rotatable bonds is 2. The minimum atomic E-state index is 0.342. The molecular formula is C13H20N2O. The molecule has 88 valence electrons. The number of nitrogens with zero attached hydrogens (tertiary/aromatic N) is 1. The van der Waals surface area contributed by atoms with Gasteiger partial charge in [-0.3, -0.25) is 0 Å². The summed E-state index contributed by atoms with van der Waals surface area (Å²) < 4.78 is 5.42. The van der Waals surface area contributed by atoms with E-state index in [0.717, 1.165) is 30.9 Å². The number of piperidine rings is 1. The van der Waals surface area contributed by atoms with Crippen LogP contribution in [0.15, 0.2) is 18.2 Å². The highest BCUT2D eigenvalue weighted by Gasteiger charge is 2.20. The molecule has 0 radical (unpaired) electrons. The Kier molecular flexibility index (Phi) is 3.34. The van der Waals surface area contributed by atoms with E-state index in [1.165, 1.54) is 12.0 Å². The van der Waals surface area contributed by atoms with Crippen molar-refractivity contribution in [3.8, 4) is 0 Å². The minimum Gasteiger partial charge on any atom is -0.397 e. The summed E-state index contributed by atoms with van der Waals surface area (Å²) in [6.07, 6.45) is 2.67. The molecule has 0 aromatic heterocycles. The third kappa shape index (κ3) is 2.30. The Hall–Kier alpha value is -1.22. The van der Waals surface area contributed by atoms with E-state index >= 15 is 0 Å². The number of anilines is 2. The predicted molar refractivity (Wildman–Crippen MR) is 67.8 cm³/mol. The summed E-state index contributed by atoms with van der Waals surface area (Å²) in [5.41, 5.74) is 9.28. The van der Waals surface area contributed by atoms with E-state index in [-0.39, 0.29) is 0 Å². The van der Waals surface area contributed by atoms with Gasteiger partial charge in [0.1, 0.15) is 0 Å². The average Bonchev–Trinajstić information content (AvgIpc) is 2.29. The van der Waals surface area contributed by atoms with Crippen molar-refractivity contribution in [3.05, 3.63) is 23.8 Å². The number of ether oxygens (including phenoxy) is 1. The zero-order chi connectivity index (χ0) is 11.5. The molecule has 0 spiro atoms. The molecule has 1 unspecified atom stereocenters. The highest BCUT2D eigenvalue weighted by Crippen LogP contribution is 2.27. The summed E-state index contributed by atoms with van der Waals surface area (Å²) >= 11 is 0. The smallest absolute Gasteiger partial charge is 0.0746 e. The van der Waals surface area contributed by atoms with Gasteiger partial charge in [-0.15, -0.1) is 0 Å². The van der Waals surface area contributed by atoms with Crippen molar-refractivity contribution in [2.45, 2.75) is 25.9 Å². The first-order chi connectivity index (χ1) is 7.70. The fraction of sp³-hybridized carbons (Fsp3) is 0.538. The van der Waals surface area contributed by atoms with E-state index in [0.29, 0.717) is 6.10 Å². The minimum absolute atomic E-state index is 0.342. The Morgan fingerprint density at radius 1 is 1.44 bits per heavy atom. The lowest BCUT2D eigenvalue weighted by Gasteiger charge is -2.34. The van der Waals surface area contributed by atoms with Crippen LogP contribution in [-0.2, 0) is 4.74 Å². The van der Waals surface area contributed by atoms with Crippen LogP contribution in [0.25, 0.3) is 0 Å². The zero-order valence-electron chi connectivity index (χ0n) is 10.1. The van der Waals surface area contributed by atoms with Crippen molar-refractivity contribution in [1.82, 2.24) is 0 Å². The van der Waals surface area contributed by atoms with Crippen LogP contribution >= 0.6 is 0 Å². The summed E-state index contributed by atoms with van der Waals surface area (Å²) in [4.78, 5) is 2.33. The fourth-order valence-corrected chi connectivity index (χ4v) is 2.31. The van der Waals surface area contributed by atoms with Crippen molar-refractivity contribution in [2.75, 3.05) is 30.8 Å². The Labute approximate surface area is 97.2 Å². The second-order valence-electron chi connectivity index (χ2n) is 4.51. The van der Waals surface area contributed by atoms with Gasteiger partial charge in [-0.25, -0.2) is 0 Å². The number of benzene rings is 1. The number of hydrogen-bond donors (Lipinski definition) is 1. The van der Waals surface area contributed by atoms with Crippen LogP contribution in [0.2, 0.25) is 0 Å². The van der Waals surface area contributed by atoms with Crippen molar-refractivity contribution in [1.29, 1.82) is 0 Å². The SMILES string of the molecule is COC1CCCN(c2ccc(C)cc2N)C1. The molecule has 0 saturated carbocycles. The number of aryl methyl sites for hydroxylation is 1. The van der Waals surface area contributed by atoms with E-state index in [4.69, 9.17) is 10.5 Å². The van der Waals surface area contributed by atoms with Gasteiger partial charge in [0.15, 0.2) is 0 Å². The van der Waals surface area contributed by atoms with Crippen molar-refractivity contribution < 1.29 is 4.74 Å². The molecule has 0 aliphatic carbocycles. The molecule has 2 rings (SSSR count). The molecule has 16 heavy (non-hydrogen) atoms. The third-order valence-corrected chi connectivity index (χ3v) is 3.24. The van der Waals surface area contributed by atoms with Crippen LogP contribution in [0.5, 0.6) is 0 Å². The molecule has 0 bridgehead atoms. The maximum absolute atomic E-state index is 6.06. The van der Waals surface area contributed by atoms with Crippen LogP contribution in [0.1, 0.15) is 18.4 Å². The van der Waals surface area contributed by atoms with Crippen molar-refractivity contribution in [3.63, 3.8) is 0 Å². The lowest BCUT2D eigenvalue weighted by atomic mass is 10.1. The van der Waals surface area contributed by atoms with E-state index in [1.54, 1.807) is 7.11 Å². The first-order valence-corrected chi connectivity index (χ1v) is 5.84. The highest BCUT2D eigenvalue weighted by atomic mass is 16.5. The molecule has 1 atom stereocenters. The van der Waals surface area contributed by atoms with Crippen molar-refractivity contribution >= 4 is 11.4 Å². The summed E-state index contributed by atoms with van der Waals surface area (Å²) in [7, 11) is 1.78. The molecule has 3 heteroatoms. The predicted octanol–water partition coefficient (Wildman–Crippen LogP) is 2.19. The van der Waals surface area contributed by atoms with Crippen LogP contribution in [0.3, 0.4) is 0 Å². The van der Waals surface area contributed by atoms with Gasteiger partial charge in [-0.1, -0.05) is 6.07 Å². The first-order valence-electron chi connectivity index (χ1n) is 5.84. The average molecular weight is 220 g/mol. The molecule has 1 aliphatic rings. The summed E-state index contributed by atoms with van der Waals surface area (Å²) in [6, 6.07) is 6.26. The van der Waals surface area contributed by atoms with Gasteiger partial charge in [0.2, 0.25) is 0 Å². The van der Waals surface area contributed by atoms with E-state index < -0.39 is 0 Å². The molecule has 2 N–H and O–H groups in total. The maximum Gasteiger partial charge on any atom is 0.0746 e. The largest absolute Gasteiger partial charge is 0.397 e. The Morgan fingerprint density at radius 2 is 2.25 bits per heavy atom. The summed E-state index contributed by atoms with van der Waals surface area (Å²) in [6.45, 7) is 4.09. The van der Waals surface area contributed by atoms with Gasteiger partial charge < -0.3 is 15.4 Å². The van der Waals surface area contributed by atoms with Crippen LogP contribution < -0.4 is 10.6 Å². The molecule has 1 aromatic carbocycles. The maximum atomic E-state index is 6.06. The van der Waals surface area contributed by atoms with Crippen LogP contribution in [0, 0.1) is 6.92 Å². The highest BCUT2D eigenvalue weighted by molar-refractivity contribution is 5.68. The third-order valence-electron chi connectivity index (χ3n) is 3.24. The van der Waals surface area contributed by atoms with Gasteiger partial charge in [-0.05, 0) is 37.5 Å². The second kappa shape index (κ2) is 4.74. The number of nitrogens with two attached hydrogens (primary N) is 1. The lowest BCUT2D eigenvalue weighted by molar-refractivity contribution is 0.0894. The molecule has 1 fully saturated rings. The van der Waals surface area contributed by atoms with Gasteiger partial charge in [-0.2, -0.15) is 0 Å². The molecule has 1 saturated heterocycles. The first kappa shape index (κ1) is 11.3. The van der Waals surface area contributed by atoms with Crippen LogP contribution in [0.4, 0.5) is 11.4 Å². The topological polar surface area (TPSA) is 38.5 Å². The Balaban J connectivity index is 2.16. The number of methoxy groups -OCH3 is 1. The monoisotopic (exact) mass is 220 g/mol. The van der Waals surface area contributed by atoms with E-state index in [9.17, 15) is 0 Å². The molecule has 1 aromatic rings. The Morgan fingerprint density at radius 3 is 2.94 bits per heavy atom. The fourth-order valence-electron chi connectivity index (χ4n) is 2.31. The quantitative estimate of drug-likeness (QED) is 0.776. The van der Waals surface area contributed by atoms with Crippen molar-refractivity contribution in [2.24, 2.45) is 0 Å². The van der Waals surface area contributed by atoms with Gasteiger partial charge in [0.05, 0.1) is 17.5 Å². The lowest BCUT2D eigenvalue weighted by Crippen LogP contribution is -2.39. The number of nitrogen functional groups attached to an aromatic ring is 1. The van der Waals surface area contributed by atoms with E-state index in [2.05, 4.69) is 24.0 Å². The van der Waals surface area contributed by atoms with Crippen LogP contribution in [-0.4, -0.2) is 26.3 Å². The van der Waals surface area contributed by atoms with Gasteiger partial charge >= 0.3 is 0 Å². The molecular weight excluding hydrogens is 200 g/mol. The molecule has 1 aliphatic heterocycles. The summed E-state index contributed by atoms with van der Waals surface area (Å²) in [5, 5.41) is 0. The number of hydrogen-bond acceptors (Lipinski definition) is 3. The Bertz CT molecular complexity index is 365. The van der Waals surface area contributed by atoms with Gasteiger partial charge in [0.25, 0.3) is 0 Å². The molecule has 0 amide bonds. The standard InChI is InChI=1S/C13H20N2O/c1-10-5-6-13(12(14)8-10)15-7-3-4-11(9-15)16-2/h5-6,8,11H,3-4,7,9,14H2,1-2H3. The van der Waals surface area contributed by atoms with E-state index in [1.807, 2.05) is 6.07 Å². The molecule has 3 nitrogen and oxygen atoms in total. The molecule has 1 heterocycles. The van der Waals surface area contributed by atoms with Gasteiger partial charge in [0, 0.05) is 20.2 Å². The normalized spacial score (nSPS) is 21.1. The second-order valence-corrected chi connectivity index (χ2v) is 4.51. The zero-order valence-corrected chi connectivity index (χ0v) is 10.1.